The molecule has 0 radical (unpaired) electrons. The van der Waals surface area contributed by atoms with Gasteiger partial charge in [-0.2, -0.15) is 0 Å². The highest BCUT2D eigenvalue weighted by molar-refractivity contribution is 9.10. The molecule has 1 aliphatic heterocycles. The lowest BCUT2D eigenvalue weighted by Crippen LogP contribution is -2.34. The third kappa shape index (κ3) is 2.37. The molecule has 2 heteroatoms. The van der Waals surface area contributed by atoms with Crippen molar-refractivity contribution in [2.24, 2.45) is 0 Å². The molecular weight excluding hydrogens is 238 g/mol. The molecular formula is C12H16BrN. The molecule has 1 heterocycles. The molecule has 2 atom stereocenters. The molecule has 1 nitrogen and oxygen atoms in total. The summed E-state index contributed by atoms with van der Waals surface area (Å²) in [6.07, 6.45) is 3.91. The van der Waals surface area contributed by atoms with Crippen LogP contribution in [0.3, 0.4) is 0 Å². The van der Waals surface area contributed by atoms with Crippen LogP contribution in [-0.4, -0.2) is 6.04 Å². The minimum absolute atomic E-state index is 0.552. The van der Waals surface area contributed by atoms with Crippen LogP contribution in [0.5, 0.6) is 0 Å². The van der Waals surface area contributed by atoms with Crippen molar-refractivity contribution in [1.29, 1.82) is 0 Å². The zero-order valence-electron chi connectivity index (χ0n) is 8.46. The average Bonchev–Trinajstić information content (AvgIpc) is 2.18. The van der Waals surface area contributed by atoms with Crippen molar-refractivity contribution in [2.45, 2.75) is 38.3 Å². The molecule has 2 unspecified atom stereocenters. The number of piperidine rings is 1. The van der Waals surface area contributed by atoms with E-state index in [2.05, 4.69) is 52.4 Å². The molecule has 14 heavy (non-hydrogen) atoms. The molecule has 0 aliphatic carbocycles. The first-order chi connectivity index (χ1) is 6.75. The van der Waals surface area contributed by atoms with Crippen molar-refractivity contribution in [1.82, 2.24) is 5.32 Å². The Morgan fingerprint density at radius 2 is 2.21 bits per heavy atom. The second kappa shape index (κ2) is 4.45. The van der Waals surface area contributed by atoms with Gasteiger partial charge < -0.3 is 5.32 Å². The summed E-state index contributed by atoms with van der Waals surface area (Å²) in [4.78, 5) is 0. The zero-order chi connectivity index (χ0) is 9.97. The Bertz CT molecular complexity index is 311. The topological polar surface area (TPSA) is 12.0 Å². The normalized spacial score (nSPS) is 27.6. The first kappa shape index (κ1) is 10.2. The van der Waals surface area contributed by atoms with E-state index in [0.717, 1.165) is 0 Å². The maximum atomic E-state index is 3.64. The summed E-state index contributed by atoms with van der Waals surface area (Å²) >= 11 is 3.52. The molecule has 1 aliphatic rings. The molecule has 0 bridgehead atoms. The van der Waals surface area contributed by atoms with Gasteiger partial charge in [-0.15, -0.1) is 0 Å². The SMILES string of the molecule is CC1CCCC(c2cccc(Br)c2)N1. The maximum Gasteiger partial charge on any atom is 0.0322 e. The highest BCUT2D eigenvalue weighted by Gasteiger charge is 2.18. The highest BCUT2D eigenvalue weighted by Crippen LogP contribution is 2.26. The number of nitrogens with one attached hydrogen (secondary N) is 1. The van der Waals surface area contributed by atoms with Crippen LogP contribution in [-0.2, 0) is 0 Å². The average molecular weight is 254 g/mol. The summed E-state index contributed by atoms with van der Waals surface area (Å²) in [5.74, 6) is 0. The summed E-state index contributed by atoms with van der Waals surface area (Å²) in [6.45, 7) is 2.27. The van der Waals surface area contributed by atoms with E-state index in [-0.39, 0.29) is 0 Å². The summed E-state index contributed by atoms with van der Waals surface area (Å²) < 4.78 is 1.18. The van der Waals surface area contributed by atoms with Crippen LogP contribution < -0.4 is 5.32 Å². The quantitative estimate of drug-likeness (QED) is 0.806. The van der Waals surface area contributed by atoms with Crippen LogP contribution in [0.15, 0.2) is 28.7 Å². The molecule has 2 rings (SSSR count). The van der Waals surface area contributed by atoms with Crippen molar-refractivity contribution in [3.8, 4) is 0 Å². The Balaban J connectivity index is 2.14. The fraction of sp³-hybridized carbons (Fsp3) is 0.500. The lowest BCUT2D eigenvalue weighted by Gasteiger charge is -2.29. The summed E-state index contributed by atoms with van der Waals surface area (Å²) in [7, 11) is 0. The number of rotatable bonds is 1. The first-order valence-corrected chi connectivity index (χ1v) is 6.06. The standard InChI is InChI=1S/C12H16BrN/c1-9-4-2-7-12(14-9)10-5-3-6-11(13)8-10/h3,5-6,8-9,12,14H,2,4,7H2,1H3. The van der Waals surface area contributed by atoms with Crippen LogP contribution in [0.2, 0.25) is 0 Å². The van der Waals surface area contributed by atoms with E-state index >= 15 is 0 Å². The molecule has 1 aromatic carbocycles. The largest absolute Gasteiger partial charge is 0.307 e. The fourth-order valence-electron chi connectivity index (χ4n) is 2.12. The third-order valence-corrected chi connectivity index (χ3v) is 3.36. The molecule has 76 valence electrons. The van der Waals surface area contributed by atoms with Crippen LogP contribution in [0.1, 0.15) is 37.8 Å². The van der Waals surface area contributed by atoms with E-state index in [9.17, 15) is 0 Å². The number of hydrogen-bond donors (Lipinski definition) is 1. The Kier molecular flexibility index (Phi) is 3.24. The minimum atomic E-state index is 0.552. The van der Waals surface area contributed by atoms with Crippen molar-refractivity contribution in [3.63, 3.8) is 0 Å². The van der Waals surface area contributed by atoms with Gasteiger partial charge in [-0.1, -0.05) is 34.5 Å². The molecule has 1 saturated heterocycles. The molecule has 1 N–H and O–H groups in total. The lowest BCUT2D eigenvalue weighted by molar-refractivity contribution is 0.341. The van der Waals surface area contributed by atoms with E-state index < -0.39 is 0 Å². The Hall–Kier alpha value is -0.340. The zero-order valence-corrected chi connectivity index (χ0v) is 10.0. The maximum absolute atomic E-state index is 3.64. The first-order valence-electron chi connectivity index (χ1n) is 5.27. The van der Waals surface area contributed by atoms with Gasteiger partial charge in [0, 0.05) is 16.6 Å². The number of hydrogen-bond acceptors (Lipinski definition) is 1. The second-order valence-electron chi connectivity index (χ2n) is 4.11. The second-order valence-corrected chi connectivity index (χ2v) is 5.02. The van der Waals surface area contributed by atoms with E-state index in [1.807, 2.05) is 0 Å². The van der Waals surface area contributed by atoms with Gasteiger partial charge >= 0.3 is 0 Å². The fourth-order valence-corrected chi connectivity index (χ4v) is 2.54. The summed E-state index contributed by atoms with van der Waals surface area (Å²) in [5.41, 5.74) is 1.41. The van der Waals surface area contributed by atoms with Gasteiger partial charge in [0.1, 0.15) is 0 Å². The number of benzene rings is 1. The minimum Gasteiger partial charge on any atom is -0.307 e. The molecule has 0 amide bonds. The van der Waals surface area contributed by atoms with Gasteiger partial charge in [0.2, 0.25) is 0 Å². The smallest absolute Gasteiger partial charge is 0.0322 e. The van der Waals surface area contributed by atoms with Gasteiger partial charge in [-0.3, -0.25) is 0 Å². The lowest BCUT2D eigenvalue weighted by atomic mass is 9.94. The van der Waals surface area contributed by atoms with E-state index in [0.29, 0.717) is 12.1 Å². The van der Waals surface area contributed by atoms with Gasteiger partial charge in [-0.25, -0.2) is 0 Å². The summed E-state index contributed by atoms with van der Waals surface area (Å²) in [6, 6.07) is 9.83. The Morgan fingerprint density at radius 3 is 2.93 bits per heavy atom. The Labute approximate surface area is 94.0 Å². The van der Waals surface area contributed by atoms with Crippen LogP contribution >= 0.6 is 15.9 Å². The molecule has 0 saturated carbocycles. The Morgan fingerprint density at radius 1 is 1.36 bits per heavy atom. The van der Waals surface area contributed by atoms with Crippen LogP contribution in [0.4, 0.5) is 0 Å². The predicted octanol–water partition coefficient (Wildman–Crippen LogP) is 3.65. The van der Waals surface area contributed by atoms with Gasteiger partial charge in [0.25, 0.3) is 0 Å². The monoisotopic (exact) mass is 253 g/mol. The van der Waals surface area contributed by atoms with E-state index in [4.69, 9.17) is 0 Å². The van der Waals surface area contributed by atoms with Crippen LogP contribution in [0, 0.1) is 0 Å². The van der Waals surface area contributed by atoms with Gasteiger partial charge in [-0.05, 0) is 37.5 Å². The van der Waals surface area contributed by atoms with Gasteiger partial charge in [0.15, 0.2) is 0 Å². The predicted molar refractivity (Wildman–Crippen MR) is 63.3 cm³/mol. The highest BCUT2D eigenvalue weighted by atomic mass is 79.9. The molecule has 0 aromatic heterocycles. The van der Waals surface area contributed by atoms with Crippen molar-refractivity contribution in [3.05, 3.63) is 34.3 Å². The van der Waals surface area contributed by atoms with Crippen LogP contribution in [0.25, 0.3) is 0 Å². The number of halogens is 1. The third-order valence-electron chi connectivity index (χ3n) is 2.87. The molecule has 1 fully saturated rings. The molecule has 1 aromatic rings. The summed E-state index contributed by atoms with van der Waals surface area (Å²) in [5, 5.41) is 3.64. The molecule has 0 spiro atoms. The van der Waals surface area contributed by atoms with Crippen molar-refractivity contribution >= 4 is 15.9 Å². The van der Waals surface area contributed by atoms with E-state index in [1.165, 1.54) is 29.3 Å². The van der Waals surface area contributed by atoms with Crippen molar-refractivity contribution < 1.29 is 0 Å². The van der Waals surface area contributed by atoms with E-state index in [1.54, 1.807) is 0 Å². The van der Waals surface area contributed by atoms with Gasteiger partial charge in [0.05, 0.1) is 0 Å². The van der Waals surface area contributed by atoms with Crippen molar-refractivity contribution in [2.75, 3.05) is 0 Å².